The maximum absolute atomic E-state index is 13.3. The lowest BCUT2D eigenvalue weighted by molar-refractivity contribution is 0.0527. The number of hydrogen-bond donors (Lipinski definition) is 1. The molecule has 0 saturated carbocycles. The molecular formula is C29H27N5O3. The van der Waals surface area contributed by atoms with Crippen LogP contribution < -0.4 is 5.32 Å². The molecule has 186 valence electrons. The van der Waals surface area contributed by atoms with Crippen molar-refractivity contribution in [1.29, 1.82) is 0 Å². The number of aryl methyl sites for hydroxylation is 3. The van der Waals surface area contributed by atoms with Crippen LogP contribution in [0, 0.1) is 20.8 Å². The molecule has 0 fully saturated rings. The summed E-state index contributed by atoms with van der Waals surface area (Å²) in [6, 6.07) is 17.1. The van der Waals surface area contributed by atoms with E-state index in [9.17, 15) is 9.59 Å². The number of rotatable bonds is 6. The monoisotopic (exact) mass is 493 g/mol. The van der Waals surface area contributed by atoms with Crippen molar-refractivity contribution in [3.05, 3.63) is 101 Å². The largest absolute Gasteiger partial charge is 0.462 e. The van der Waals surface area contributed by atoms with E-state index in [1.807, 2.05) is 61.1 Å². The normalized spacial score (nSPS) is 11.0. The summed E-state index contributed by atoms with van der Waals surface area (Å²) in [4.78, 5) is 30.8. The number of aromatic nitrogens is 4. The Kier molecular flexibility index (Phi) is 6.31. The van der Waals surface area contributed by atoms with Crippen LogP contribution in [-0.2, 0) is 4.74 Å². The first kappa shape index (κ1) is 24.0. The van der Waals surface area contributed by atoms with Gasteiger partial charge in [0.15, 0.2) is 11.6 Å². The highest BCUT2D eigenvalue weighted by atomic mass is 16.5. The van der Waals surface area contributed by atoms with E-state index in [1.54, 1.807) is 19.1 Å². The minimum atomic E-state index is -0.573. The molecule has 0 aliphatic heterocycles. The van der Waals surface area contributed by atoms with Crippen molar-refractivity contribution >= 4 is 28.6 Å². The van der Waals surface area contributed by atoms with Gasteiger partial charge >= 0.3 is 5.97 Å². The lowest BCUT2D eigenvalue weighted by Gasteiger charge is -2.14. The number of anilines is 1. The molecule has 2 aromatic carbocycles. The number of fused-ring (bicyclic) bond motifs is 1. The predicted octanol–water partition coefficient (Wildman–Crippen LogP) is 5.57. The Morgan fingerprint density at radius 1 is 0.973 bits per heavy atom. The average Bonchev–Trinajstić information content (AvgIpc) is 3.55. The van der Waals surface area contributed by atoms with E-state index in [2.05, 4.69) is 29.5 Å². The number of hydrogen-bond acceptors (Lipinski definition) is 5. The molecule has 0 radical (unpaired) electrons. The minimum Gasteiger partial charge on any atom is -0.462 e. The average molecular weight is 494 g/mol. The standard InChI is InChI=1S/C29H27N5O3/c1-5-37-29(36)24-17-30-34(25-16-19(3)23-15-18(2)14-20(4)26(23)31-25)27(24)32-28(35)21-8-10-22(11-9-21)33-12-6-7-13-33/h6-17H,5H2,1-4H3,(H,32,35). The summed E-state index contributed by atoms with van der Waals surface area (Å²) in [5, 5.41) is 8.34. The van der Waals surface area contributed by atoms with Crippen molar-refractivity contribution in [2.24, 2.45) is 0 Å². The minimum absolute atomic E-state index is 0.152. The molecule has 0 saturated heterocycles. The second-order valence-corrected chi connectivity index (χ2v) is 8.91. The molecule has 0 bridgehead atoms. The molecule has 1 N–H and O–H groups in total. The summed E-state index contributed by atoms with van der Waals surface area (Å²) >= 11 is 0. The maximum Gasteiger partial charge on any atom is 0.343 e. The van der Waals surface area contributed by atoms with Crippen LogP contribution in [0.3, 0.4) is 0 Å². The Balaban J connectivity index is 1.55. The number of carbonyl (C=O) groups excluding carboxylic acids is 2. The number of benzene rings is 2. The quantitative estimate of drug-likeness (QED) is 0.313. The van der Waals surface area contributed by atoms with E-state index in [1.165, 1.54) is 10.9 Å². The first-order valence-electron chi connectivity index (χ1n) is 12.0. The fraction of sp³-hybridized carbons (Fsp3) is 0.172. The topological polar surface area (TPSA) is 91.0 Å². The van der Waals surface area contributed by atoms with Gasteiger partial charge < -0.3 is 14.6 Å². The number of esters is 1. The first-order chi connectivity index (χ1) is 17.9. The van der Waals surface area contributed by atoms with Gasteiger partial charge in [0, 0.05) is 29.0 Å². The molecule has 0 aliphatic carbocycles. The van der Waals surface area contributed by atoms with Gasteiger partial charge in [0.25, 0.3) is 5.91 Å². The highest BCUT2D eigenvalue weighted by molar-refractivity contribution is 6.07. The van der Waals surface area contributed by atoms with E-state index in [0.29, 0.717) is 11.4 Å². The third-order valence-electron chi connectivity index (χ3n) is 6.19. The van der Waals surface area contributed by atoms with Gasteiger partial charge in [0.2, 0.25) is 0 Å². The van der Waals surface area contributed by atoms with Crippen LogP contribution >= 0.6 is 0 Å². The van der Waals surface area contributed by atoms with Gasteiger partial charge in [-0.1, -0.05) is 11.6 Å². The molecule has 3 heterocycles. The molecule has 1 amide bonds. The van der Waals surface area contributed by atoms with Crippen molar-refractivity contribution < 1.29 is 14.3 Å². The van der Waals surface area contributed by atoms with E-state index in [4.69, 9.17) is 9.72 Å². The van der Waals surface area contributed by atoms with Crippen molar-refractivity contribution in [3.8, 4) is 11.5 Å². The molecule has 5 aromatic rings. The second kappa shape index (κ2) is 9.73. The van der Waals surface area contributed by atoms with E-state index in [0.717, 1.165) is 33.3 Å². The molecule has 8 heteroatoms. The molecule has 8 nitrogen and oxygen atoms in total. The maximum atomic E-state index is 13.3. The summed E-state index contributed by atoms with van der Waals surface area (Å²) < 4.78 is 8.65. The third-order valence-corrected chi connectivity index (χ3v) is 6.19. The van der Waals surface area contributed by atoms with E-state index in [-0.39, 0.29) is 23.9 Å². The number of nitrogens with one attached hydrogen (secondary N) is 1. The van der Waals surface area contributed by atoms with Gasteiger partial charge in [-0.05, 0) is 87.4 Å². The molecule has 5 rings (SSSR count). The van der Waals surface area contributed by atoms with Crippen LogP contribution in [0.2, 0.25) is 0 Å². The van der Waals surface area contributed by atoms with Gasteiger partial charge in [-0.3, -0.25) is 4.79 Å². The Labute approximate surface area is 214 Å². The fourth-order valence-corrected chi connectivity index (χ4v) is 4.41. The van der Waals surface area contributed by atoms with Crippen LogP contribution in [0.25, 0.3) is 22.4 Å². The smallest absolute Gasteiger partial charge is 0.343 e. The lowest BCUT2D eigenvalue weighted by Crippen LogP contribution is -2.18. The summed E-state index contributed by atoms with van der Waals surface area (Å²) in [6.45, 7) is 8.00. The Hall–Kier alpha value is -4.72. The lowest BCUT2D eigenvalue weighted by atomic mass is 10.0. The highest BCUT2D eigenvalue weighted by Gasteiger charge is 2.23. The van der Waals surface area contributed by atoms with Gasteiger partial charge in [-0.25, -0.2) is 9.78 Å². The second-order valence-electron chi connectivity index (χ2n) is 8.91. The number of nitrogens with zero attached hydrogens (tertiary/aromatic N) is 4. The van der Waals surface area contributed by atoms with Gasteiger partial charge in [-0.15, -0.1) is 0 Å². The molecule has 0 spiro atoms. The number of carbonyl (C=O) groups is 2. The van der Waals surface area contributed by atoms with Crippen LogP contribution in [0.5, 0.6) is 0 Å². The molecule has 0 aliphatic rings. The number of ether oxygens (including phenoxy) is 1. The Morgan fingerprint density at radius 3 is 2.41 bits per heavy atom. The zero-order chi connectivity index (χ0) is 26.1. The zero-order valence-electron chi connectivity index (χ0n) is 21.1. The highest BCUT2D eigenvalue weighted by Crippen LogP contribution is 2.27. The van der Waals surface area contributed by atoms with E-state index < -0.39 is 5.97 Å². The molecular weight excluding hydrogens is 466 g/mol. The van der Waals surface area contributed by atoms with Crippen molar-refractivity contribution in [1.82, 2.24) is 19.3 Å². The van der Waals surface area contributed by atoms with Crippen LogP contribution in [0.1, 0.15) is 44.3 Å². The van der Waals surface area contributed by atoms with Crippen LogP contribution in [0.15, 0.2) is 73.2 Å². The van der Waals surface area contributed by atoms with Crippen LogP contribution in [-0.4, -0.2) is 37.8 Å². The number of pyridine rings is 1. The summed E-state index contributed by atoms with van der Waals surface area (Å²) in [6.07, 6.45) is 5.26. The zero-order valence-corrected chi connectivity index (χ0v) is 21.1. The number of amides is 1. The molecule has 0 unspecified atom stereocenters. The van der Waals surface area contributed by atoms with Gasteiger partial charge in [0.1, 0.15) is 5.56 Å². The molecule has 0 atom stereocenters. The first-order valence-corrected chi connectivity index (χ1v) is 12.0. The third kappa shape index (κ3) is 4.61. The van der Waals surface area contributed by atoms with Gasteiger partial charge in [0.05, 0.1) is 18.3 Å². The molecule has 37 heavy (non-hydrogen) atoms. The summed E-state index contributed by atoms with van der Waals surface area (Å²) in [7, 11) is 0. The van der Waals surface area contributed by atoms with Crippen molar-refractivity contribution in [2.45, 2.75) is 27.7 Å². The summed E-state index contributed by atoms with van der Waals surface area (Å²) in [5.41, 5.74) is 5.56. The van der Waals surface area contributed by atoms with Crippen molar-refractivity contribution in [2.75, 3.05) is 11.9 Å². The summed E-state index contributed by atoms with van der Waals surface area (Å²) in [5.74, 6) is -0.258. The van der Waals surface area contributed by atoms with E-state index >= 15 is 0 Å². The van der Waals surface area contributed by atoms with Gasteiger partial charge in [-0.2, -0.15) is 9.78 Å². The van der Waals surface area contributed by atoms with Crippen LogP contribution in [0.4, 0.5) is 5.82 Å². The molecule has 3 aromatic heterocycles. The van der Waals surface area contributed by atoms with Crippen molar-refractivity contribution in [3.63, 3.8) is 0 Å². The fourth-order valence-electron chi connectivity index (χ4n) is 4.41. The Bertz CT molecular complexity index is 1620. The SMILES string of the molecule is CCOC(=O)c1cnn(-c2cc(C)c3cc(C)cc(C)c3n2)c1NC(=O)c1ccc(-n2cccc2)cc1. The Morgan fingerprint density at radius 2 is 1.70 bits per heavy atom. The predicted molar refractivity (Wildman–Crippen MR) is 143 cm³/mol.